The highest BCUT2D eigenvalue weighted by Gasteiger charge is 2.29. The molecule has 1 fully saturated rings. The highest BCUT2D eigenvalue weighted by atomic mass is 79.9. The number of rotatable bonds is 3. The van der Waals surface area contributed by atoms with Crippen LogP contribution in [0.15, 0.2) is 22.7 Å². The summed E-state index contributed by atoms with van der Waals surface area (Å²) in [5, 5.41) is 0.682. The minimum atomic E-state index is -2.89. The maximum atomic E-state index is 11.3. The lowest BCUT2D eigenvalue weighted by atomic mass is 10.2. The summed E-state index contributed by atoms with van der Waals surface area (Å²) in [4.78, 5) is 0. The highest BCUT2D eigenvalue weighted by molar-refractivity contribution is 9.10. The van der Waals surface area contributed by atoms with Gasteiger partial charge in [0.2, 0.25) is 0 Å². The first-order chi connectivity index (χ1) is 8.00. The second-order valence-corrected chi connectivity index (χ2v) is 7.73. The Morgan fingerprint density at radius 1 is 1.41 bits per heavy atom. The van der Waals surface area contributed by atoms with Gasteiger partial charge in [-0.05, 0) is 24.6 Å². The van der Waals surface area contributed by atoms with Crippen LogP contribution in [0.5, 0.6) is 5.75 Å². The molecule has 0 radical (unpaired) electrons. The molecule has 94 valence electrons. The van der Waals surface area contributed by atoms with Crippen LogP contribution < -0.4 is 4.74 Å². The number of benzene rings is 1. The number of hydrogen-bond acceptors (Lipinski definition) is 3. The summed E-state index contributed by atoms with van der Waals surface area (Å²) < 4.78 is 29.4. The molecule has 2 rings (SSSR count). The van der Waals surface area contributed by atoms with Gasteiger partial charge in [0, 0.05) is 15.4 Å². The summed E-state index contributed by atoms with van der Waals surface area (Å²) in [7, 11) is -2.89. The van der Waals surface area contributed by atoms with E-state index in [2.05, 4.69) is 31.9 Å². The van der Waals surface area contributed by atoms with Crippen LogP contribution in [0.2, 0.25) is 0 Å². The Bertz CT molecular complexity index is 513. The van der Waals surface area contributed by atoms with Crippen molar-refractivity contribution in [3.63, 3.8) is 0 Å². The van der Waals surface area contributed by atoms with Gasteiger partial charge in [0.25, 0.3) is 0 Å². The van der Waals surface area contributed by atoms with E-state index in [1.54, 1.807) is 0 Å². The van der Waals surface area contributed by atoms with Crippen molar-refractivity contribution in [3.8, 4) is 5.75 Å². The zero-order chi connectivity index (χ0) is 12.5. The lowest BCUT2D eigenvalue weighted by Crippen LogP contribution is -2.18. The molecule has 0 aromatic heterocycles. The van der Waals surface area contributed by atoms with Crippen LogP contribution in [0.4, 0.5) is 0 Å². The molecule has 1 aliphatic heterocycles. The normalized spacial score (nSPS) is 22.6. The topological polar surface area (TPSA) is 43.4 Å². The molecule has 0 saturated carbocycles. The minimum absolute atomic E-state index is 0.130. The third-order valence-electron chi connectivity index (χ3n) is 2.65. The molecule has 1 atom stereocenters. The van der Waals surface area contributed by atoms with Crippen molar-refractivity contribution in [1.29, 1.82) is 0 Å². The summed E-state index contributed by atoms with van der Waals surface area (Å²) >= 11 is 6.79. The van der Waals surface area contributed by atoms with Crippen molar-refractivity contribution in [1.82, 2.24) is 0 Å². The average molecular weight is 384 g/mol. The average Bonchev–Trinajstić information content (AvgIpc) is 2.61. The van der Waals surface area contributed by atoms with Crippen molar-refractivity contribution < 1.29 is 13.2 Å². The van der Waals surface area contributed by atoms with E-state index in [0.717, 1.165) is 15.8 Å². The van der Waals surface area contributed by atoms with Gasteiger partial charge in [-0.2, -0.15) is 0 Å². The van der Waals surface area contributed by atoms with Gasteiger partial charge in [-0.3, -0.25) is 0 Å². The van der Waals surface area contributed by atoms with Gasteiger partial charge in [0.15, 0.2) is 9.84 Å². The summed E-state index contributed by atoms with van der Waals surface area (Å²) in [6.07, 6.45) is 0.374. The zero-order valence-corrected chi connectivity index (χ0v) is 13.0. The van der Waals surface area contributed by atoms with E-state index in [9.17, 15) is 8.42 Å². The molecule has 1 aliphatic rings. The molecule has 1 aromatic carbocycles. The fourth-order valence-electron chi connectivity index (χ4n) is 1.80. The molecule has 0 spiro atoms. The standard InChI is InChI=1S/C11H12Br2O3S/c12-6-8-5-9(13)1-2-11(8)16-10-3-4-17(14,15)7-10/h1-2,5,10H,3-4,6-7H2. The van der Waals surface area contributed by atoms with E-state index in [4.69, 9.17) is 4.74 Å². The van der Waals surface area contributed by atoms with Gasteiger partial charge in [0.05, 0.1) is 11.5 Å². The Morgan fingerprint density at radius 2 is 2.18 bits per heavy atom. The number of ether oxygens (including phenoxy) is 1. The third kappa shape index (κ3) is 3.45. The van der Waals surface area contributed by atoms with Gasteiger partial charge in [-0.1, -0.05) is 31.9 Å². The van der Waals surface area contributed by atoms with Crippen LogP contribution in [0.3, 0.4) is 0 Å². The summed E-state index contributed by atoms with van der Waals surface area (Å²) in [6.45, 7) is 0. The second-order valence-electron chi connectivity index (χ2n) is 4.03. The fraction of sp³-hybridized carbons (Fsp3) is 0.455. The van der Waals surface area contributed by atoms with Gasteiger partial charge in [-0.15, -0.1) is 0 Å². The van der Waals surface area contributed by atoms with Crippen molar-refractivity contribution in [2.75, 3.05) is 11.5 Å². The summed E-state index contributed by atoms with van der Waals surface area (Å²) in [5.74, 6) is 1.12. The summed E-state index contributed by atoms with van der Waals surface area (Å²) in [5.41, 5.74) is 1.02. The lowest BCUT2D eigenvalue weighted by Gasteiger charge is -2.15. The fourth-order valence-corrected chi connectivity index (χ4v) is 4.24. The van der Waals surface area contributed by atoms with E-state index < -0.39 is 9.84 Å². The van der Waals surface area contributed by atoms with Crippen LogP contribution in [-0.2, 0) is 15.2 Å². The largest absolute Gasteiger partial charge is 0.489 e. The van der Waals surface area contributed by atoms with Crippen LogP contribution in [0.25, 0.3) is 0 Å². The molecule has 0 amide bonds. The zero-order valence-electron chi connectivity index (χ0n) is 9.03. The molecular weight excluding hydrogens is 372 g/mol. The van der Waals surface area contributed by atoms with Crippen LogP contribution in [0, 0.1) is 0 Å². The number of hydrogen-bond donors (Lipinski definition) is 0. The Labute approximate surface area is 118 Å². The van der Waals surface area contributed by atoms with E-state index in [1.165, 1.54) is 0 Å². The molecule has 6 heteroatoms. The molecule has 1 saturated heterocycles. The molecule has 3 nitrogen and oxygen atoms in total. The van der Waals surface area contributed by atoms with Crippen molar-refractivity contribution in [2.24, 2.45) is 0 Å². The van der Waals surface area contributed by atoms with Gasteiger partial charge in [0.1, 0.15) is 11.9 Å². The van der Waals surface area contributed by atoms with Crippen molar-refractivity contribution in [2.45, 2.75) is 17.9 Å². The van der Waals surface area contributed by atoms with Crippen LogP contribution >= 0.6 is 31.9 Å². The predicted molar refractivity (Wildman–Crippen MR) is 74.5 cm³/mol. The smallest absolute Gasteiger partial charge is 0.154 e. The predicted octanol–water partition coefficient (Wildman–Crippen LogP) is 2.91. The van der Waals surface area contributed by atoms with Gasteiger partial charge < -0.3 is 4.74 Å². The Hall–Kier alpha value is -0.0700. The Kier molecular flexibility index (Phi) is 4.15. The molecular formula is C11H12Br2O3S. The number of alkyl halides is 1. The molecule has 17 heavy (non-hydrogen) atoms. The van der Waals surface area contributed by atoms with Crippen LogP contribution in [0.1, 0.15) is 12.0 Å². The molecule has 0 bridgehead atoms. The molecule has 1 heterocycles. The Morgan fingerprint density at radius 3 is 2.76 bits per heavy atom. The molecule has 0 N–H and O–H groups in total. The van der Waals surface area contributed by atoms with Crippen LogP contribution in [-0.4, -0.2) is 26.0 Å². The van der Waals surface area contributed by atoms with E-state index >= 15 is 0 Å². The van der Waals surface area contributed by atoms with Gasteiger partial charge >= 0.3 is 0 Å². The lowest BCUT2D eigenvalue weighted by molar-refractivity contribution is 0.227. The first-order valence-corrected chi connectivity index (χ1v) is 8.95. The number of halogens is 2. The van der Waals surface area contributed by atoms with Gasteiger partial charge in [-0.25, -0.2) is 8.42 Å². The maximum Gasteiger partial charge on any atom is 0.154 e. The quantitative estimate of drug-likeness (QED) is 0.753. The molecule has 0 aliphatic carbocycles. The summed E-state index contributed by atoms with van der Waals surface area (Å²) in [6, 6.07) is 5.73. The maximum absolute atomic E-state index is 11.3. The monoisotopic (exact) mass is 382 g/mol. The highest BCUT2D eigenvalue weighted by Crippen LogP contribution is 2.28. The Balaban J connectivity index is 2.14. The first kappa shape index (κ1) is 13.4. The molecule has 1 unspecified atom stereocenters. The third-order valence-corrected chi connectivity index (χ3v) is 5.49. The van der Waals surface area contributed by atoms with Crippen molar-refractivity contribution in [3.05, 3.63) is 28.2 Å². The molecule has 1 aromatic rings. The SMILES string of the molecule is O=S1(=O)CCC(Oc2ccc(Br)cc2CBr)C1. The van der Waals surface area contributed by atoms with E-state index in [0.29, 0.717) is 11.8 Å². The van der Waals surface area contributed by atoms with Crippen molar-refractivity contribution >= 4 is 41.7 Å². The van der Waals surface area contributed by atoms with E-state index in [-0.39, 0.29) is 17.6 Å². The van der Waals surface area contributed by atoms with E-state index in [1.807, 2.05) is 18.2 Å². The minimum Gasteiger partial charge on any atom is -0.489 e. The number of sulfone groups is 1. The first-order valence-electron chi connectivity index (χ1n) is 5.21. The second kappa shape index (κ2) is 5.28.